The Bertz CT molecular complexity index is 219. The molecule has 0 heterocycles. The summed E-state index contributed by atoms with van der Waals surface area (Å²) in [5.74, 6) is 0. The summed E-state index contributed by atoms with van der Waals surface area (Å²) in [6.45, 7) is 13.3. The van der Waals surface area contributed by atoms with Gasteiger partial charge in [0.05, 0.1) is 0 Å². The minimum absolute atomic E-state index is 0.968. The van der Waals surface area contributed by atoms with Crippen LogP contribution in [0.25, 0.3) is 0 Å². The molecule has 0 fully saturated rings. The maximum atomic E-state index is 4.14. The van der Waals surface area contributed by atoms with E-state index in [4.69, 9.17) is 0 Å². The van der Waals surface area contributed by atoms with Crippen LogP contribution in [0.3, 0.4) is 0 Å². The topological polar surface area (TPSA) is 12.4 Å². The molecular formula is C10H15N. The maximum absolute atomic E-state index is 4.14. The number of allylic oxidation sites excluding steroid dienone is 4. The van der Waals surface area contributed by atoms with Crippen LogP contribution < -0.4 is 0 Å². The Kier molecular flexibility index (Phi) is 4.20. The summed E-state index contributed by atoms with van der Waals surface area (Å²) < 4.78 is 0. The van der Waals surface area contributed by atoms with Gasteiger partial charge < -0.3 is 0 Å². The van der Waals surface area contributed by atoms with Crippen molar-refractivity contribution >= 4 is 6.21 Å². The lowest BCUT2D eigenvalue weighted by molar-refractivity contribution is 1.24. The standard InChI is InChI=1S/C10H15N/c1-6-10(8(3)4)9(5)11-7-2/h6-7H,1,3H2,2,4-5H3/b10-9-,11-7?. The Balaban J connectivity index is 4.82. The van der Waals surface area contributed by atoms with E-state index < -0.39 is 0 Å². The smallest absolute Gasteiger partial charge is 0.0443 e. The highest BCUT2D eigenvalue weighted by molar-refractivity contribution is 5.56. The van der Waals surface area contributed by atoms with Crippen LogP contribution in [0.15, 0.2) is 41.1 Å². The van der Waals surface area contributed by atoms with Gasteiger partial charge in [-0.25, -0.2) is 0 Å². The second-order valence-corrected chi connectivity index (χ2v) is 2.37. The van der Waals surface area contributed by atoms with Gasteiger partial charge in [-0.1, -0.05) is 19.2 Å². The van der Waals surface area contributed by atoms with Gasteiger partial charge in [0.25, 0.3) is 0 Å². The summed E-state index contributed by atoms with van der Waals surface area (Å²) in [5, 5.41) is 0. The van der Waals surface area contributed by atoms with Crippen molar-refractivity contribution in [3.05, 3.63) is 36.1 Å². The largest absolute Gasteiger partial charge is 0.266 e. The zero-order valence-electron chi connectivity index (χ0n) is 7.52. The average Bonchev–Trinajstić information content (AvgIpc) is 1.88. The van der Waals surface area contributed by atoms with Crippen molar-refractivity contribution in [3.63, 3.8) is 0 Å². The van der Waals surface area contributed by atoms with Crippen molar-refractivity contribution in [2.75, 3.05) is 0 Å². The Labute approximate surface area is 68.9 Å². The van der Waals surface area contributed by atoms with Crippen LogP contribution in [0.5, 0.6) is 0 Å². The first-order chi connectivity index (χ1) is 5.13. The quantitative estimate of drug-likeness (QED) is 0.432. The SMILES string of the molecule is C=C/C(C(=C)C)=C(\C)N=CC. The van der Waals surface area contributed by atoms with Crippen LogP contribution in [0.1, 0.15) is 20.8 Å². The predicted octanol–water partition coefficient (Wildman–Crippen LogP) is 3.11. The predicted molar refractivity (Wildman–Crippen MR) is 51.9 cm³/mol. The Morgan fingerprint density at radius 2 is 1.91 bits per heavy atom. The van der Waals surface area contributed by atoms with Crippen LogP contribution >= 0.6 is 0 Å². The second kappa shape index (κ2) is 4.67. The average molecular weight is 149 g/mol. The fraction of sp³-hybridized carbons (Fsp3) is 0.300. The highest BCUT2D eigenvalue weighted by atomic mass is 14.7. The molecule has 0 atom stereocenters. The Morgan fingerprint density at radius 3 is 2.18 bits per heavy atom. The zero-order chi connectivity index (χ0) is 8.85. The fourth-order valence-electron chi connectivity index (χ4n) is 0.894. The van der Waals surface area contributed by atoms with Crippen molar-refractivity contribution in [3.8, 4) is 0 Å². The van der Waals surface area contributed by atoms with Gasteiger partial charge in [-0.15, -0.1) is 0 Å². The van der Waals surface area contributed by atoms with E-state index in [9.17, 15) is 0 Å². The molecule has 1 nitrogen and oxygen atoms in total. The molecule has 0 aromatic carbocycles. The van der Waals surface area contributed by atoms with Gasteiger partial charge in [0, 0.05) is 11.9 Å². The molecule has 0 saturated carbocycles. The highest BCUT2D eigenvalue weighted by Crippen LogP contribution is 2.13. The lowest BCUT2D eigenvalue weighted by atomic mass is 10.1. The molecule has 0 rings (SSSR count). The van der Waals surface area contributed by atoms with E-state index in [0.29, 0.717) is 0 Å². The third-order valence-corrected chi connectivity index (χ3v) is 1.38. The normalized spacial score (nSPS) is 13.0. The molecule has 0 bridgehead atoms. The van der Waals surface area contributed by atoms with E-state index >= 15 is 0 Å². The van der Waals surface area contributed by atoms with Crippen molar-refractivity contribution in [2.45, 2.75) is 20.8 Å². The number of nitrogens with zero attached hydrogens (tertiary/aromatic N) is 1. The summed E-state index contributed by atoms with van der Waals surface area (Å²) in [5.41, 5.74) is 3.00. The van der Waals surface area contributed by atoms with E-state index in [1.165, 1.54) is 0 Å². The molecule has 0 amide bonds. The number of hydrogen-bond acceptors (Lipinski definition) is 1. The van der Waals surface area contributed by atoms with Gasteiger partial charge in [-0.2, -0.15) is 0 Å². The second-order valence-electron chi connectivity index (χ2n) is 2.37. The first kappa shape index (κ1) is 9.89. The Hall–Kier alpha value is -1.11. The van der Waals surface area contributed by atoms with E-state index in [1.54, 1.807) is 12.3 Å². The fourth-order valence-corrected chi connectivity index (χ4v) is 0.894. The number of rotatable bonds is 3. The van der Waals surface area contributed by atoms with E-state index in [2.05, 4.69) is 18.2 Å². The van der Waals surface area contributed by atoms with Crippen LogP contribution in [0.2, 0.25) is 0 Å². The molecule has 0 saturated heterocycles. The molecule has 0 aromatic heterocycles. The van der Waals surface area contributed by atoms with Crippen molar-refractivity contribution < 1.29 is 0 Å². The van der Waals surface area contributed by atoms with E-state index in [0.717, 1.165) is 16.8 Å². The van der Waals surface area contributed by atoms with Crippen molar-refractivity contribution in [1.29, 1.82) is 0 Å². The van der Waals surface area contributed by atoms with Crippen LogP contribution in [-0.4, -0.2) is 6.21 Å². The summed E-state index contributed by atoms with van der Waals surface area (Å²) in [4.78, 5) is 4.14. The molecule has 0 unspecified atom stereocenters. The summed E-state index contributed by atoms with van der Waals surface area (Å²) >= 11 is 0. The summed E-state index contributed by atoms with van der Waals surface area (Å²) in [7, 11) is 0. The van der Waals surface area contributed by atoms with Crippen LogP contribution in [-0.2, 0) is 0 Å². The maximum Gasteiger partial charge on any atom is 0.0443 e. The minimum Gasteiger partial charge on any atom is -0.266 e. The minimum atomic E-state index is 0.968. The molecule has 0 radical (unpaired) electrons. The molecule has 60 valence electrons. The molecule has 1 heteroatoms. The lowest BCUT2D eigenvalue weighted by Crippen LogP contribution is -1.83. The number of aliphatic imine (C=N–C) groups is 1. The monoisotopic (exact) mass is 149 g/mol. The van der Waals surface area contributed by atoms with Gasteiger partial charge in [-0.3, -0.25) is 4.99 Å². The molecule has 0 spiro atoms. The molecule has 0 aliphatic heterocycles. The van der Waals surface area contributed by atoms with E-state index in [1.807, 2.05) is 20.8 Å². The van der Waals surface area contributed by atoms with Gasteiger partial charge in [-0.05, 0) is 31.9 Å². The molecular weight excluding hydrogens is 134 g/mol. The van der Waals surface area contributed by atoms with Crippen molar-refractivity contribution in [2.24, 2.45) is 4.99 Å². The molecule has 0 N–H and O–H groups in total. The molecule has 0 aromatic rings. The third kappa shape index (κ3) is 2.99. The first-order valence-electron chi connectivity index (χ1n) is 3.61. The number of hydrogen-bond donors (Lipinski definition) is 0. The van der Waals surface area contributed by atoms with E-state index in [-0.39, 0.29) is 0 Å². The van der Waals surface area contributed by atoms with Gasteiger partial charge in [0.15, 0.2) is 0 Å². The van der Waals surface area contributed by atoms with Crippen LogP contribution in [0, 0.1) is 0 Å². The molecule has 11 heavy (non-hydrogen) atoms. The van der Waals surface area contributed by atoms with Crippen LogP contribution in [0.4, 0.5) is 0 Å². The first-order valence-corrected chi connectivity index (χ1v) is 3.61. The zero-order valence-corrected chi connectivity index (χ0v) is 7.52. The van der Waals surface area contributed by atoms with Gasteiger partial charge in [0.2, 0.25) is 0 Å². The highest BCUT2D eigenvalue weighted by Gasteiger charge is 1.95. The lowest BCUT2D eigenvalue weighted by Gasteiger charge is -2.01. The Morgan fingerprint density at radius 1 is 1.36 bits per heavy atom. The summed E-state index contributed by atoms with van der Waals surface area (Å²) in [6, 6.07) is 0. The van der Waals surface area contributed by atoms with Gasteiger partial charge >= 0.3 is 0 Å². The van der Waals surface area contributed by atoms with Crippen molar-refractivity contribution in [1.82, 2.24) is 0 Å². The third-order valence-electron chi connectivity index (χ3n) is 1.38. The summed E-state index contributed by atoms with van der Waals surface area (Å²) in [6.07, 6.45) is 3.55. The van der Waals surface area contributed by atoms with Gasteiger partial charge in [0.1, 0.15) is 0 Å². The molecule has 0 aliphatic rings. The molecule has 0 aliphatic carbocycles.